The van der Waals surface area contributed by atoms with Crippen molar-refractivity contribution in [1.29, 1.82) is 0 Å². The van der Waals surface area contributed by atoms with Crippen molar-refractivity contribution >= 4 is 31.7 Å². The number of nitrogens with zero attached hydrogens (tertiary/aromatic N) is 2. The molecule has 0 amide bonds. The summed E-state index contributed by atoms with van der Waals surface area (Å²) in [5.41, 5.74) is -5.04. The summed E-state index contributed by atoms with van der Waals surface area (Å²) in [6.45, 7) is 0. The monoisotopic (exact) mass is 376 g/mol. The number of allylic oxidation sites excluding steroid dienone is 4. The van der Waals surface area contributed by atoms with Crippen molar-refractivity contribution in [1.82, 2.24) is 4.98 Å². The molecule has 1 aliphatic carbocycles. The van der Waals surface area contributed by atoms with Gasteiger partial charge in [-0.1, -0.05) is 6.07 Å². The van der Waals surface area contributed by atoms with Crippen LogP contribution in [0.5, 0.6) is 0 Å². The van der Waals surface area contributed by atoms with E-state index >= 15 is 0 Å². The van der Waals surface area contributed by atoms with Gasteiger partial charge in [0.15, 0.2) is 10.8 Å². The highest BCUT2D eigenvalue weighted by Gasteiger charge is 2.44. The Morgan fingerprint density at radius 2 is 1.88 bits per heavy atom. The fourth-order valence-corrected chi connectivity index (χ4v) is 3.78. The van der Waals surface area contributed by atoms with Gasteiger partial charge < -0.3 is 4.74 Å². The number of fused-ring (bicyclic) bond motifs is 1. The van der Waals surface area contributed by atoms with Gasteiger partial charge in [0.2, 0.25) is 16.5 Å². The first-order valence-electron chi connectivity index (χ1n) is 6.32. The Labute approximate surface area is 137 Å². The summed E-state index contributed by atoms with van der Waals surface area (Å²) in [5.74, 6) is -0.0206. The summed E-state index contributed by atoms with van der Waals surface area (Å²) in [5, 5.41) is 0. The molecule has 0 aromatic carbocycles. The highest BCUT2D eigenvalue weighted by Crippen LogP contribution is 2.34. The molecule has 0 bridgehead atoms. The summed E-state index contributed by atoms with van der Waals surface area (Å²) in [4.78, 5) is 6.32. The van der Waals surface area contributed by atoms with Gasteiger partial charge in [0.1, 0.15) is 22.0 Å². The van der Waals surface area contributed by atoms with Crippen LogP contribution < -0.4 is 0 Å². The van der Waals surface area contributed by atoms with E-state index in [4.69, 9.17) is 4.74 Å². The molecule has 0 saturated heterocycles. The van der Waals surface area contributed by atoms with Crippen LogP contribution in [-0.2, 0) is 25.8 Å². The van der Waals surface area contributed by atoms with Crippen LogP contribution in [0.2, 0.25) is 0 Å². The Morgan fingerprint density at radius 1 is 1.12 bits per heavy atom. The molecule has 0 spiro atoms. The van der Waals surface area contributed by atoms with Gasteiger partial charge in [0.05, 0.1) is 4.91 Å². The van der Waals surface area contributed by atoms with Crippen LogP contribution in [0.4, 0.5) is 13.2 Å². The molecule has 2 unspecified atom stereocenters. The van der Waals surface area contributed by atoms with E-state index < -0.39 is 42.6 Å². The van der Waals surface area contributed by atoms with Crippen molar-refractivity contribution < 1.29 is 30.5 Å². The third-order valence-electron chi connectivity index (χ3n) is 3.06. The summed E-state index contributed by atoms with van der Waals surface area (Å²) >= 11 is 0. The molecule has 1 aliphatic heterocycles. The first-order valence-corrected chi connectivity index (χ1v) is 8.55. The van der Waals surface area contributed by atoms with Gasteiger partial charge in [0.25, 0.3) is 0 Å². The molecule has 24 heavy (non-hydrogen) atoms. The number of aliphatic imine (C=N–C) groups is 1. The molecule has 2 aliphatic rings. The van der Waals surface area contributed by atoms with Gasteiger partial charge in [0, 0.05) is 6.20 Å². The maximum absolute atomic E-state index is 12.7. The van der Waals surface area contributed by atoms with Gasteiger partial charge in [-0.05, 0) is 24.3 Å². The van der Waals surface area contributed by atoms with E-state index in [1.165, 1.54) is 6.20 Å². The maximum Gasteiger partial charge on any atom is 0.475 e. The Kier molecular flexibility index (Phi) is 4.13. The predicted octanol–water partition coefficient (Wildman–Crippen LogP) is 1.65. The third kappa shape index (κ3) is 2.91. The SMILES string of the molecule is O=S(C1=CC=C2OC(c3ccccn3)N=C2C1=S(=O)=O)C(F)(F)F. The lowest BCUT2D eigenvalue weighted by Gasteiger charge is -2.14. The first kappa shape index (κ1) is 16.6. The lowest BCUT2D eigenvalue weighted by Crippen LogP contribution is -2.29. The van der Waals surface area contributed by atoms with Gasteiger partial charge in [-0.15, -0.1) is 0 Å². The zero-order chi connectivity index (χ0) is 17.5. The molecule has 126 valence electrons. The first-order chi connectivity index (χ1) is 11.3. The van der Waals surface area contributed by atoms with E-state index in [-0.39, 0.29) is 11.5 Å². The van der Waals surface area contributed by atoms with E-state index in [1.807, 2.05) is 0 Å². The highest BCUT2D eigenvalue weighted by atomic mass is 32.2. The van der Waals surface area contributed by atoms with Crippen LogP contribution in [0.25, 0.3) is 0 Å². The van der Waals surface area contributed by atoms with E-state index in [0.717, 1.165) is 12.2 Å². The lowest BCUT2D eigenvalue weighted by molar-refractivity contribution is -0.0375. The molecular formula is C13H7F3N2O4S2. The molecule has 2 atom stereocenters. The van der Waals surface area contributed by atoms with E-state index in [1.54, 1.807) is 18.2 Å². The van der Waals surface area contributed by atoms with Gasteiger partial charge in [-0.2, -0.15) is 21.6 Å². The van der Waals surface area contributed by atoms with Crippen molar-refractivity contribution in [3.63, 3.8) is 0 Å². The Balaban J connectivity index is 2.08. The van der Waals surface area contributed by atoms with Crippen LogP contribution in [0.1, 0.15) is 11.9 Å². The summed E-state index contributed by atoms with van der Waals surface area (Å²) in [6.07, 6.45) is 2.40. The summed E-state index contributed by atoms with van der Waals surface area (Å²) < 4.78 is 77.9. The second kappa shape index (κ2) is 5.98. The van der Waals surface area contributed by atoms with Crippen LogP contribution >= 0.6 is 0 Å². The number of rotatable bonds is 2. The number of hydrogen-bond donors (Lipinski definition) is 0. The van der Waals surface area contributed by atoms with Crippen LogP contribution in [0.3, 0.4) is 0 Å². The smallest absolute Gasteiger partial charge is 0.461 e. The molecule has 0 fully saturated rings. The van der Waals surface area contributed by atoms with E-state index in [2.05, 4.69) is 9.98 Å². The maximum atomic E-state index is 12.7. The minimum absolute atomic E-state index is 0.0206. The number of hydrogen-bond acceptors (Lipinski definition) is 6. The van der Waals surface area contributed by atoms with E-state index in [9.17, 15) is 25.8 Å². The normalized spacial score (nSPS) is 21.2. The number of alkyl halides is 3. The van der Waals surface area contributed by atoms with Crippen molar-refractivity contribution in [3.8, 4) is 0 Å². The average molecular weight is 376 g/mol. The molecule has 1 aromatic heterocycles. The van der Waals surface area contributed by atoms with Gasteiger partial charge >= 0.3 is 5.51 Å². The molecule has 3 rings (SSSR count). The summed E-state index contributed by atoms with van der Waals surface area (Å²) in [7, 11) is -6.59. The third-order valence-corrected chi connectivity index (χ3v) is 5.10. The lowest BCUT2D eigenvalue weighted by atomic mass is 10.1. The van der Waals surface area contributed by atoms with Gasteiger partial charge in [-0.3, -0.25) is 4.98 Å². The highest BCUT2D eigenvalue weighted by molar-refractivity contribution is 7.93. The molecule has 0 radical (unpaired) electrons. The molecule has 0 saturated carbocycles. The predicted molar refractivity (Wildman–Crippen MR) is 79.8 cm³/mol. The summed E-state index contributed by atoms with van der Waals surface area (Å²) in [6, 6.07) is 4.87. The Bertz CT molecular complexity index is 939. The fourth-order valence-electron chi connectivity index (χ4n) is 2.10. The Morgan fingerprint density at radius 3 is 2.46 bits per heavy atom. The second-order valence-electron chi connectivity index (χ2n) is 4.54. The molecule has 6 nitrogen and oxygen atoms in total. The molecule has 11 heteroatoms. The van der Waals surface area contributed by atoms with Crippen molar-refractivity contribution in [2.45, 2.75) is 11.7 Å². The van der Waals surface area contributed by atoms with E-state index in [0.29, 0.717) is 5.69 Å². The van der Waals surface area contributed by atoms with Crippen LogP contribution in [0, 0.1) is 0 Å². The number of halogens is 3. The number of aromatic nitrogens is 1. The zero-order valence-electron chi connectivity index (χ0n) is 11.5. The second-order valence-corrected chi connectivity index (χ2v) is 6.86. The van der Waals surface area contributed by atoms with Crippen molar-refractivity contribution in [3.05, 3.63) is 52.9 Å². The van der Waals surface area contributed by atoms with Gasteiger partial charge in [-0.25, -0.2) is 9.20 Å². The number of pyridine rings is 1. The van der Waals surface area contributed by atoms with Crippen molar-refractivity contribution in [2.75, 3.05) is 0 Å². The molecule has 0 N–H and O–H groups in total. The largest absolute Gasteiger partial charge is 0.475 e. The standard InChI is InChI=1S/C13H7F3N2O4S2/c14-13(15,16)23(19)9-5-4-8-10(11(9)24(20)21)18-12(22-8)7-3-1-2-6-17-7/h1-6,12H. The quantitative estimate of drug-likeness (QED) is 0.733. The zero-order valence-corrected chi connectivity index (χ0v) is 13.2. The fraction of sp³-hybridized carbons (Fsp3) is 0.154. The molecular weight excluding hydrogens is 369 g/mol. The minimum Gasteiger partial charge on any atom is -0.461 e. The topological polar surface area (TPSA) is 85.7 Å². The van der Waals surface area contributed by atoms with Crippen LogP contribution in [-0.4, -0.2) is 33.7 Å². The van der Waals surface area contributed by atoms with Crippen LogP contribution in [0.15, 0.2) is 52.2 Å². The molecule has 1 aromatic rings. The molecule has 2 heterocycles. The van der Waals surface area contributed by atoms with Crippen molar-refractivity contribution in [2.24, 2.45) is 4.99 Å². The average Bonchev–Trinajstić information content (AvgIpc) is 2.96. The number of ether oxygens (including phenoxy) is 1. The Hall–Kier alpha value is -2.27. The minimum atomic E-state index is -5.10.